The van der Waals surface area contributed by atoms with Crippen LogP contribution in [0, 0.1) is 0 Å². The molecule has 1 aromatic heterocycles. The van der Waals surface area contributed by atoms with Crippen molar-refractivity contribution in [3.8, 4) is 0 Å². The van der Waals surface area contributed by atoms with Crippen LogP contribution in [0.1, 0.15) is 17.3 Å². The molecule has 0 saturated carbocycles. The highest BCUT2D eigenvalue weighted by Gasteiger charge is 2.14. The molecule has 70 valence electrons. The number of carboxylic acid groups (broad SMARTS) is 1. The quantitative estimate of drug-likeness (QED) is 0.594. The Labute approximate surface area is 74.8 Å². The highest BCUT2D eigenvalue weighted by Crippen LogP contribution is 2.07. The molecule has 5 heteroatoms. The normalized spacial score (nSPS) is 12.5. The summed E-state index contributed by atoms with van der Waals surface area (Å²) in [6, 6.07) is 1.97. The van der Waals surface area contributed by atoms with Gasteiger partial charge in [-0.15, -0.1) is 0 Å². The average Bonchev–Trinajstić information content (AvgIpc) is 2.17. The summed E-state index contributed by atoms with van der Waals surface area (Å²) in [4.78, 5) is 14.2. The first-order chi connectivity index (χ1) is 6.15. The number of aromatic nitrogens is 1. The number of aliphatic carboxylic acids is 1. The average molecular weight is 182 g/mol. The van der Waals surface area contributed by atoms with E-state index < -0.39 is 12.0 Å². The molecule has 1 rings (SSSR count). The molecule has 4 N–H and O–H groups in total. The first-order valence-corrected chi connectivity index (χ1v) is 3.69. The fourth-order valence-corrected chi connectivity index (χ4v) is 0.840. The van der Waals surface area contributed by atoms with E-state index in [0.717, 1.165) is 0 Å². The van der Waals surface area contributed by atoms with Crippen LogP contribution in [0.4, 0.5) is 0 Å². The summed E-state index contributed by atoms with van der Waals surface area (Å²) < 4.78 is 0. The molecule has 0 aliphatic heterocycles. The second-order valence-electron chi connectivity index (χ2n) is 2.57. The zero-order chi connectivity index (χ0) is 9.84. The van der Waals surface area contributed by atoms with Gasteiger partial charge in [0.1, 0.15) is 6.04 Å². The largest absolute Gasteiger partial charge is 0.480 e. The fraction of sp³-hybridized carbons (Fsp3) is 0.250. The van der Waals surface area contributed by atoms with Gasteiger partial charge in [-0.2, -0.15) is 0 Å². The minimum Gasteiger partial charge on any atom is -0.480 e. The second-order valence-corrected chi connectivity index (χ2v) is 2.57. The molecule has 0 aliphatic carbocycles. The van der Waals surface area contributed by atoms with E-state index in [9.17, 15) is 4.79 Å². The highest BCUT2D eigenvalue weighted by molar-refractivity contribution is 5.74. The van der Waals surface area contributed by atoms with Gasteiger partial charge in [-0.3, -0.25) is 9.78 Å². The van der Waals surface area contributed by atoms with Gasteiger partial charge in [0.2, 0.25) is 0 Å². The molecule has 5 nitrogen and oxygen atoms in total. The number of carbonyl (C=O) groups is 1. The first-order valence-electron chi connectivity index (χ1n) is 3.69. The van der Waals surface area contributed by atoms with Crippen LogP contribution in [0.3, 0.4) is 0 Å². The van der Waals surface area contributed by atoms with E-state index in [4.69, 9.17) is 15.9 Å². The van der Waals surface area contributed by atoms with Crippen molar-refractivity contribution in [2.24, 2.45) is 5.73 Å². The van der Waals surface area contributed by atoms with E-state index in [1.54, 1.807) is 6.07 Å². The van der Waals surface area contributed by atoms with Crippen LogP contribution in [0.5, 0.6) is 0 Å². The lowest BCUT2D eigenvalue weighted by atomic mass is 10.2. The summed E-state index contributed by atoms with van der Waals surface area (Å²) in [5, 5.41) is 17.2. The summed E-state index contributed by atoms with van der Waals surface area (Å²) in [6.07, 6.45) is 1.40. The predicted molar refractivity (Wildman–Crippen MR) is 44.7 cm³/mol. The monoisotopic (exact) mass is 182 g/mol. The summed E-state index contributed by atoms with van der Waals surface area (Å²) in [5.41, 5.74) is 6.21. The number of aliphatic hydroxyl groups excluding tert-OH is 1. The van der Waals surface area contributed by atoms with Crippen LogP contribution in [-0.2, 0) is 11.4 Å². The van der Waals surface area contributed by atoms with E-state index in [2.05, 4.69) is 4.98 Å². The van der Waals surface area contributed by atoms with Gasteiger partial charge < -0.3 is 15.9 Å². The van der Waals surface area contributed by atoms with Gasteiger partial charge >= 0.3 is 5.97 Å². The lowest BCUT2D eigenvalue weighted by Crippen LogP contribution is -2.21. The number of nitrogens with two attached hydrogens (primary N) is 1. The van der Waals surface area contributed by atoms with Crippen molar-refractivity contribution >= 4 is 5.97 Å². The standard InChI is InChI=1S/C8H10N2O3/c9-7(8(12)13)6-2-1-5(4-11)3-10-6/h1-3,7,11H,4,9H2,(H,12,13)/t7-/m0/s1. The van der Waals surface area contributed by atoms with Gasteiger partial charge in [-0.05, 0) is 11.6 Å². The summed E-state index contributed by atoms with van der Waals surface area (Å²) >= 11 is 0. The van der Waals surface area contributed by atoms with Gasteiger partial charge in [0.25, 0.3) is 0 Å². The maximum Gasteiger partial charge on any atom is 0.326 e. The van der Waals surface area contributed by atoms with Crippen LogP contribution in [0.25, 0.3) is 0 Å². The number of rotatable bonds is 3. The summed E-state index contributed by atoms with van der Waals surface area (Å²) in [6.45, 7) is -0.115. The molecule has 1 atom stereocenters. The van der Waals surface area contributed by atoms with Crippen molar-refractivity contribution in [3.63, 3.8) is 0 Å². The van der Waals surface area contributed by atoms with Crippen LogP contribution in [-0.4, -0.2) is 21.2 Å². The van der Waals surface area contributed by atoms with Crippen molar-refractivity contribution in [1.82, 2.24) is 4.98 Å². The Kier molecular flexibility index (Phi) is 2.94. The predicted octanol–water partition coefficient (Wildman–Crippen LogP) is -0.342. The lowest BCUT2D eigenvalue weighted by molar-refractivity contribution is -0.138. The van der Waals surface area contributed by atoms with Crippen LogP contribution in [0.15, 0.2) is 18.3 Å². The molecule has 13 heavy (non-hydrogen) atoms. The molecule has 0 unspecified atom stereocenters. The number of carboxylic acids is 1. The van der Waals surface area contributed by atoms with E-state index in [0.29, 0.717) is 5.56 Å². The molecule has 0 saturated heterocycles. The molecule has 0 bridgehead atoms. The molecule has 0 amide bonds. The van der Waals surface area contributed by atoms with Gasteiger partial charge in [-0.1, -0.05) is 6.07 Å². The SMILES string of the molecule is N[C@H](C(=O)O)c1ccc(CO)cn1. The Hall–Kier alpha value is -1.46. The van der Waals surface area contributed by atoms with Crippen molar-refractivity contribution in [1.29, 1.82) is 0 Å². The number of aliphatic hydroxyl groups is 1. The second kappa shape index (κ2) is 3.97. The third-order valence-corrected chi connectivity index (χ3v) is 1.61. The van der Waals surface area contributed by atoms with Crippen LogP contribution in [0.2, 0.25) is 0 Å². The fourth-order valence-electron chi connectivity index (χ4n) is 0.840. The van der Waals surface area contributed by atoms with Gasteiger partial charge in [0, 0.05) is 6.20 Å². The lowest BCUT2D eigenvalue weighted by Gasteiger charge is -2.05. The molecular formula is C8H10N2O3. The highest BCUT2D eigenvalue weighted by atomic mass is 16.4. The zero-order valence-electron chi connectivity index (χ0n) is 6.84. The van der Waals surface area contributed by atoms with Crippen LogP contribution >= 0.6 is 0 Å². The van der Waals surface area contributed by atoms with E-state index in [1.807, 2.05) is 0 Å². The van der Waals surface area contributed by atoms with Gasteiger partial charge in [0.15, 0.2) is 0 Å². The Bertz CT molecular complexity index is 297. The topological polar surface area (TPSA) is 96.4 Å². The molecule has 0 aliphatic rings. The molecule has 0 radical (unpaired) electrons. The van der Waals surface area contributed by atoms with E-state index in [-0.39, 0.29) is 12.3 Å². The van der Waals surface area contributed by atoms with Gasteiger partial charge in [0.05, 0.1) is 12.3 Å². The molecule has 0 spiro atoms. The van der Waals surface area contributed by atoms with Crippen molar-refractivity contribution < 1.29 is 15.0 Å². The summed E-state index contributed by atoms with van der Waals surface area (Å²) in [7, 11) is 0. The van der Waals surface area contributed by atoms with Crippen molar-refractivity contribution in [2.75, 3.05) is 0 Å². The molecule has 0 aromatic carbocycles. The number of pyridine rings is 1. The van der Waals surface area contributed by atoms with Crippen LogP contribution < -0.4 is 5.73 Å². The van der Waals surface area contributed by atoms with Crippen molar-refractivity contribution in [2.45, 2.75) is 12.6 Å². The number of nitrogens with zero attached hydrogens (tertiary/aromatic N) is 1. The maximum absolute atomic E-state index is 10.4. The molecular weight excluding hydrogens is 172 g/mol. The van der Waals surface area contributed by atoms with Gasteiger partial charge in [-0.25, -0.2) is 0 Å². The third-order valence-electron chi connectivity index (χ3n) is 1.61. The Morgan fingerprint density at radius 2 is 2.31 bits per heavy atom. The Morgan fingerprint density at radius 3 is 2.69 bits per heavy atom. The van der Waals surface area contributed by atoms with E-state index in [1.165, 1.54) is 12.3 Å². The third kappa shape index (κ3) is 2.24. The summed E-state index contributed by atoms with van der Waals surface area (Å²) in [5.74, 6) is -1.12. The van der Waals surface area contributed by atoms with E-state index >= 15 is 0 Å². The zero-order valence-corrected chi connectivity index (χ0v) is 6.84. The molecule has 1 heterocycles. The minimum atomic E-state index is -1.12. The minimum absolute atomic E-state index is 0.115. The van der Waals surface area contributed by atoms with Crippen molar-refractivity contribution in [3.05, 3.63) is 29.6 Å². The smallest absolute Gasteiger partial charge is 0.326 e. The first kappa shape index (κ1) is 9.63. The maximum atomic E-state index is 10.4. The number of hydrogen-bond donors (Lipinski definition) is 3. The Balaban J connectivity index is 2.85. The Morgan fingerprint density at radius 1 is 1.62 bits per heavy atom. The number of hydrogen-bond acceptors (Lipinski definition) is 4. The molecule has 1 aromatic rings. The molecule has 0 fully saturated rings.